The van der Waals surface area contributed by atoms with Gasteiger partial charge < -0.3 is 5.32 Å². The van der Waals surface area contributed by atoms with Crippen molar-refractivity contribution < 1.29 is 0 Å². The van der Waals surface area contributed by atoms with Gasteiger partial charge in [-0.1, -0.05) is 20.3 Å². The highest BCUT2D eigenvalue weighted by atomic mass is 15.0. The molecule has 5 atom stereocenters. The Morgan fingerprint density at radius 1 is 1.12 bits per heavy atom. The Labute approximate surface area is 107 Å². The van der Waals surface area contributed by atoms with Crippen molar-refractivity contribution in [2.24, 2.45) is 23.2 Å². The van der Waals surface area contributed by atoms with Crippen LogP contribution in [-0.4, -0.2) is 12.1 Å². The first-order valence-corrected chi connectivity index (χ1v) is 7.79. The molecule has 0 saturated heterocycles. The molecule has 0 aromatic heterocycles. The van der Waals surface area contributed by atoms with Crippen LogP contribution in [0.2, 0.25) is 0 Å². The lowest BCUT2D eigenvalue weighted by atomic mass is 9.83. The summed E-state index contributed by atoms with van der Waals surface area (Å²) in [6.45, 7) is 7.31. The Bertz CT molecular complexity index is 283. The van der Waals surface area contributed by atoms with Crippen LogP contribution in [0.3, 0.4) is 0 Å². The van der Waals surface area contributed by atoms with E-state index in [4.69, 9.17) is 0 Å². The summed E-state index contributed by atoms with van der Waals surface area (Å²) in [5.74, 6) is 3.16. The van der Waals surface area contributed by atoms with Crippen LogP contribution < -0.4 is 5.32 Å². The van der Waals surface area contributed by atoms with Crippen LogP contribution in [0.15, 0.2) is 0 Å². The summed E-state index contributed by atoms with van der Waals surface area (Å²) < 4.78 is 0. The maximum atomic E-state index is 3.96. The minimum Gasteiger partial charge on any atom is -0.311 e. The van der Waals surface area contributed by atoms with Gasteiger partial charge in [-0.2, -0.15) is 0 Å². The summed E-state index contributed by atoms with van der Waals surface area (Å²) in [5.41, 5.74) is 0.589. The Morgan fingerprint density at radius 3 is 2.47 bits per heavy atom. The van der Waals surface area contributed by atoms with Gasteiger partial charge in [-0.15, -0.1) is 0 Å². The average molecular weight is 235 g/mol. The molecular weight excluding hydrogens is 206 g/mol. The Hall–Kier alpha value is -0.0400. The van der Waals surface area contributed by atoms with Crippen LogP contribution in [-0.2, 0) is 0 Å². The van der Waals surface area contributed by atoms with Crippen molar-refractivity contribution in [2.75, 3.05) is 0 Å². The van der Waals surface area contributed by atoms with Crippen molar-refractivity contribution in [2.45, 2.75) is 77.8 Å². The third kappa shape index (κ3) is 2.41. The molecule has 0 amide bonds. The third-order valence-corrected chi connectivity index (χ3v) is 5.90. The van der Waals surface area contributed by atoms with Crippen molar-refractivity contribution in [3.8, 4) is 0 Å². The molecule has 3 saturated carbocycles. The second-order valence-electron chi connectivity index (χ2n) is 7.90. The van der Waals surface area contributed by atoms with E-state index in [2.05, 4.69) is 26.1 Å². The zero-order valence-corrected chi connectivity index (χ0v) is 11.8. The summed E-state index contributed by atoms with van der Waals surface area (Å²) in [6.07, 6.45) is 10.3. The van der Waals surface area contributed by atoms with E-state index in [1.54, 1.807) is 6.42 Å². The van der Waals surface area contributed by atoms with Crippen LogP contribution in [0, 0.1) is 23.2 Å². The predicted molar refractivity (Wildman–Crippen MR) is 73.0 cm³/mol. The SMILES string of the molecule is CC(NC1CCC(C)(C)C1)C1CC2CCC1C2. The van der Waals surface area contributed by atoms with Gasteiger partial charge in [0, 0.05) is 12.1 Å². The number of nitrogens with one attached hydrogen (secondary N) is 1. The zero-order chi connectivity index (χ0) is 12.0. The monoisotopic (exact) mass is 235 g/mol. The van der Waals surface area contributed by atoms with Crippen LogP contribution in [0.1, 0.15) is 65.7 Å². The largest absolute Gasteiger partial charge is 0.311 e. The number of rotatable bonds is 3. The van der Waals surface area contributed by atoms with E-state index in [1.807, 2.05) is 0 Å². The minimum absolute atomic E-state index is 0.589. The maximum Gasteiger partial charge on any atom is 0.00749 e. The fourth-order valence-corrected chi connectivity index (χ4v) is 4.98. The van der Waals surface area contributed by atoms with Crippen molar-refractivity contribution in [3.05, 3.63) is 0 Å². The van der Waals surface area contributed by atoms with Crippen molar-refractivity contribution in [1.29, 1.82) is 0 Å². The molecule has 0 spiro atoms. The fourth-order valence-electron chi connectivity index (χ4n) is 4.98. The number of hydrogen-bond acceptors (Lipinski definition) is 1. The molecule has 1 heteroatoms. The molecule has 1 nitrogen and oxygen atoms in total. The van der Waals surface area contributed by atoms with Gasteiger partial charge in [0.05, 0.1) is 0 Å². The minimum atomic E-state index is 0.589. The summed E-state index contributed by atoms with van der Waals surface area (Å²) in [7, 11) is 0. The lowest BCUT2D eigenvalue weighted by Crippen LogP contribution is -2.41. The summed E-state index contributed by atoms with van der Waals surface area (Å²) in [5, 5.41) is 3.96. The molecule has 5 unspecified atom stereocenters. The second-order valence-corrected chi connectivity index (χ2v) is 7.90. The van der Waals surface area contributed by atoms with Crippen molar-refractivity contribution in [3.63, 3.8) is 0 Å². The summed E-state index contributed by atoms with van der Waals surface area (Å²) in [6, 6.07) is 1.57. The van der Waals surface area contributed by atoms with Gasteiger partial charge in [0.2, 0.25) is 0 Å². The zero-order valence-electron chi connectivity index (χ0n) is 11.8. The molecule has 98 valence electrons. The predicted octanol–water partition coefficient (Wildman–Crippen LogP) is 3.98. The van der Waals surface area contributed by atoms with E-state index in [9.17, 15) is 0 Å². The molecule has 3 rings (SSSR count). The van der Waals surface area contributed by atoms with Gasteiger partial charge in [-0.3, -0.25) is 0 Å². The molecule has 2 bridgehead atoms. The Balaban J connectivity index is 1.52. The molecule has 17 heavy (non-hydrogen) atoms. The van der Waals surface area contributed by atoms with Crippen LogP contribution in [0.5, 0.6) is 0 Å². The molecular formula is C16H29N. The van der Waals surface area contributed by atoms with E-state index in [1.165, 1.54) is 38.5 Å². The first kappa shape index (κ1) is 12.0. The van der Waals surface area contributed by atoms with Gasteiger partial charge >= 0.3 is 0 Å². The first-order chi connectivity index (χ1) is 8.03. The van der Waals surface area contributed by atoms with Crippen molar-refractivity contribution in [1.82, 2.24) is 5.32 Å². The van der Waals surface area contributed by atoms with E-state index >= 15 is 0 Å². The molecule has 0 aliphatic heterocycles. The molecule has 3 fully saturated rings. The van der Waals surface area contributed by atoms with Crippen molar-refractivity contribution >= 4 is 0 Å². The second kappa shape index (κ2) is 4.26. The van der Waals surface area contributed by atoms with E-state index in [-0.39, 0.29) is 0 Å². The molecule has 1 N–H and O–H groups in total. The third-order valence-electron chi connectivity index (χ3n) is 5.90. The van der Waals surface area contributed by atoms with Gasteiger partial charge in [0.25, 0.3) is 0 Å². The molecule has 3 aliphatic carbocycles. The normalized spacial score (nSPS) is 45.4. The van der Waals surface area contributed by atoms with Gasteiger partial charge in [-0.25, -0.2) is 0 Å². The fraction of sp³-hybridized carbons (Fsp3) is 1.00. The van der Waals surface area contributed by atoms with E-state index < -0.39 is 0 Å². The van der Waals surface area contributed by atoms with Gasteiger partial charge in [-0.05, 0) is 68.6 Å². The standard InChI is InChI=1S/C16H29N/c1-11(15-9-12-4-5-13(15)8-12)17-14-6-7-16(2,3)10-14/h11-15,17H,4-10H2,1-3H3. The molecule has 0 aromatic carbocycles. The Morgan fingerprint density at radius 2 is 1.94 bits per heavy atom. The van der Waals surface area contributed by atoms with Crippen LogP contribution >= 0.6 is 0 Å². The smallest absolute Gasteiger partial charge is 0.00749 e. The summed E-state index contributed by atoms with van der Waals surface area (Å²) >= 11 is 0. The molecule has 0 radical (unpaired) electrons. The topological polar surface area (TPSA) is 12.0 Å². The van der Waals surface area contributed by atoms with Crippen LogP contribution in [0.4, 0.5) is 0 Å². The molecule has 0 aromatic rings. The van der Waals surface area contributed by atoms with Gasteiger partial charge in [0.1, 0.15) is 0 Å². The molecule has 0 heterocycles. The molecule has 3 aliphatic rings. The summed E-state index contributed by atoms with van der Waals surface area (Å²) in [4.78, 5) is 0. The quantitative estimate of drug-likeness (QED) is 0.780. The van der Waals surface area contributed by atoms with Crippen LogP contribution in [0.25, 0.3) is 0 Å². The highest BCUT2D eigenvalue weighted by Gasteiger charge is 2.42. The first-order valence-electron chi connectivity index (χ1n) is 7.79. The number of fused-ring (bicyclic) bond motifs is 2. The van der Waals surface area contributed by atoms with E-state index in [0.717, 1.165) is 29.8 Å². The Kier molecular flexibility index (Phi) is 3.01. The van der Waals surface area contributed by atoms with E-state index in [0.29, 0.717) is 5.41 Å². The van der Waals surface area contributed by atoms with Gasteiger partial charge in [0.15, 0.2) is 0 Å². The highest BCUT2D eigenvalue weighted by molar-refractivity contribution is 4.96. The lowest BCUT2D eigenvalue weighted by Gasteiger charge is -2.31. The lowest BCUT2D eigenvalue weighted by molar-refractivity contribution is 0.240. The maximum absolute atomic E-state index is 3.96. The number of hydrogen-bond donors (Lipinski definition) is 1. The average Bonchev–Trinajstić information content (AvgIpc) is 2.93. The highest BCUT2D eigenvalue weighted by Crippen LogP contribution is 2.49.